The summed E-state index contributed by atoms with van der Waals surface area (Å²) in [7, 11) is 0. The van der Waals surface area contributed by atoms with Gasteiger partial charge >= 0.3 is 0 Å². The van der Waals surface area contributed by atoms with E-state index in [9.17, 15) is 0 Å². The first-order chi connectivity index (χ1) is 15.0. The molecule has 0 bridgehead atoms. The Kier molecular flexibility index (Phi) is 5.54. The highest BCUT2D eigenvalue weighted by Crippen LogP contribution is 2.30. The molecule has 152 valence electrons. The number of nitrogens with one attached hydrogen (secondary N) is 2. The van der Waals surface area contributed by atoms with Gasteiger partial charge in [-0.1, -0.05) is 0 Å². The monoisotopic (exact) mass is 407 g/mol. The highest BCUT2D eigenvalue weighted by atomic mass is 15.1. The van der Waals surface area contributed by atoms with E-state index < -0.39 is 0 Å². The molecule has 0 aliphatic carbocycles. The molecule has 0 saturated carbocycles. The Hall–Kier alpha value is -4.31. The molecule has 0 aliphatic rings. The van der Waals surface area contributed by atoms with Gasteiger partial charge in [0.05, 0.1) is 11.6 Å². The minimum Gasteiger partial charge on any atom is -0.340 e. The Balaban J connectivity index is 1.55. The standard InChI is InChI=1S/C24H21N7/c1-15-10-19(20-13-27-17(3)28-14-20)11-16(2)23(15)30-22-8-9-26-24(31-22)29-21-6-4-18(12-25)5-7-21/h4-11,13-14H,1-3H3,(H2,26,29,30,31). The van der Waals surface area contributed by atoms with Crippen molar-refractivity contribution in [3.8, 4) is 17.2 Å². The second-order valence-corrected chi connectivity index (χ2v) is 7.21. The maximum atomic E-state index is 8.92. The van der Waals surface area contributed by atoms with Crippen LogP contribution in [0.1, 0.15) is 22.5 Å². The van der Waals surface area contributed by atoms with Crippen molar-refractivity contribution in [2.24, 2.45) is 0 Å². The largest absolute Gasteiger partial charge is 0.340 e. The number of aryl methyl sites for hydroxylation is 3. The molecular formula is C24H21N7. The predicted octanol–water partition coefficient (Wildman–Crippen LogP) is 5.22. The summed E-state index contributed by atoms with van der Waals surface area (Å²) in [4.78, 5) is 17.4. The number of hydrogen-bond acceptors (Lipinski definition) is 7. The molecule has 2 aromatic carbocycles. The van der Waals surface area contributed by atoms with E-state index in [0.29, 0.717) is 17.3 Å². The lowest BCUT2D eigenvalue weighted by Gasteiger charge is -2.15. The van der Waals surface area contributed by atoms with Crippen LogP contribution in [0.5, 0.6) is 0 Å². The van der Waals surface area contributed by atoms with E-state index in [4.69, 9.17) is 5.26 Å². The third-order valence-electron chi connectivity index (χ3n) is 4.83. The molecule has 0 atom stereocenters. The highest BCUT2D eigenvalue weighted by Gasteiger charge is 2.09. The Bertz CT molecular complexity index is 1230. The van der Waals surface area contributed by atoms with E-state index in [1.165, 1.54) is 0 Å². The number of rotatable bonds is 5. The first-order valence-corrected chi connectivity index (χ1v) is 9.79. The van der Waals surface area contributed by atoms with Crippen molar-refractivity contribution in [3.63, 3.8) is 0 Å². The smallest absolute Gasteiger partial charge is 0.229 e. The van der Waals surface area contributed by atoms with Gasteiger partial charge in [-0.05, 0) is 79.9 Å². The minimum absolute atomic E-state index is 0.471. The van der Waals surface area contributed by atoms with Crippen LogP contribution in [0.2, 0.25) is 0 Å². The molecule has 4 aromatic rings. The lowest BCUT2D eigenvalue weighted by atomic mass is 10.0. The fourth-order valence-corrected chi connectivity index (χ4v) is 3.24. The molecule has 0 spiro atoms. The summed E-state index contributed by atoms with van der Waals surface area (Å²) in [6.45, 7) is 6.00. The van der Waals surface area contributed by atoms with Crippen molar-refractivity contribution in [2.75, 3.05) is 10.6 Å². The van der Waals surface area contributed by atoms with E-state index >= 15 is 0 Å². The topological polar surface area (TPSA) is 99.4 Å². The average molecular weight is 407 g/mol. The molecule has 0 aliphatic heterocycles. The van der Waals surface area contributed by atoms with E-state index in [-0.39, 0.29) is 0 Å². The summed E-state index contributed by atoms with van der Waals surface area (Å²) >= 11 is 0. The summed E-state index contributed by atoms with van der Waals surface area (Å²) in [5, 5.41) is 15.5. The summed E-state index contributed by atoms with van der Waals surface area (Å²) in [6, 6.07) is 15.3. The normalized spacial score (nSPS) is 10.4. The van der Waals surface area contributed by atoms with Gasteiger partial charge in [-0.2, -0.15) is 10.2 Å². The molecule has 2 N–H and O–H groups in total. The second-order valence-electron chi connectivity index (χ2n) is 7.21. The molecule has 0 radical (unpaired) electrons. The molecule has 31 heavy (non-hydrogen) atoms. The quantitative estimate of drug-likeness (QED) is 0.468. The van der Waals surface area contributed by atoms with Crippen molar-refractivity contribution in [3.05, 3.63) is 83.6 Å². The number of benzene rings is 2. The van der Waals surface area contributed by atoms with Gasteiger partial charge in [0.1, 0.15) is 11.6 Å². The van der Waals surface area contributed by atoms with Gasteiger partial charge in [-0.25, -0.2) is 15.0 Å². The van der Waals surface area contributed by atoms with Crippen molar-refractivity contribution < 1.29 is 0 Å². The summed E-state index contributed by atoms with van der Waals surface area (Å²) in [5.74, 6) is 1.91. The van der Waals surface area contributed by atoms with E-state index in [0.717, 1.165) is 39.5 Å². The molecule has 2 heterocycles. The van der Waals surface area contributed by atoms with Crippen LogP contribution in [-0.4, -0.2) is 19.9 Å². The van der Waals surface area contributed by atoms with Gasteiger partial charge in [0.15, 0.2) is 0 Å². The van der Waals surface area contributed by atoms with Gasteiger partial charge in [-0.15, -0.1) is 0 Å². The Morgan fingerprint density at radius 2 is 1.48 bits per heavy atom. The summed E-state index contributed by atoms with van der Waals surface area (Å²) in [6.07, 6.45) is 5.38. The lowest BCUT2D eigenvalue weighted by molar-refractivity contribution is 1.06. The Morgan fingerprint density at radius 3 is 2.13 bits per heavy atom. The third kappa shape index (κ3) is 4.65. The van der Waals surface area contributed by atoms with Gasteiger partial charge < -0.3 is 10.6 Å². The zero-order chi connectivity index (χ0) is 21.8. The number of hydrogen-bond donors (Lipinski definition) is 2. The van der Waals surface area contributed by atoms with Crippen LogP contribution in [-0.2, 0) is 0 Å². The van der Waals surface area contributed by atoms with Gasteiger partial charge in [0, 0.05) is 35.5 Å². The molecule has 4 rings (SSSR count). The van der Waals surface area contributed by atoms with Crippen LogP contribution in [0.3, 0.4) is 0 Å². The van der Waals surface area contributed by atoms with E-state index in [1.54, 1.807) is 18.3 Å². The van der Waals surface area contributed by atoms with E-state index in [2.05, 4.69) is 62.6 Å². The molecule has 0 unspecified atom stereocenters. The lowest BCUT2D eigenvalue weighted by Crippen LogP contribution is -2.02. The SMILES string of the molecule is Cc1ncc(-c2cc(C)c(Nc3ccnc(Nc4ccc(C#N)cc4)n3)c(C)c2)cn1. The maximum Gasteiger partial charge on any atom is 0.229 e. The number of aromatic nitrogens is 4. The van der Waals surface area contributed by atoms with Crippen LogP contribution in [0, 0.1) is 32.1 Å². The molecule has 0 amide bonds. The van der Waals surface area contributed by atoms with Gasteiger partial charge in [-0.3, -0.25) is 0 Å². The first-order valence-electron chi connectivity index (χ1n) is 9.79. The number of anilines is 4. The summed E-state index contributed by atoms with van der Waals surface area (Å²) in [5.41, 5.74) is 6.67. The maximum absolute atomic E-state index is 8.92. The predicted molar refractivity (Wildman–Crippen MR) is 121 cm³/mol. The molecule has 0 fully saturated rings. The third-order valence-corrected chi connectivity index (χ3v) is 4.83. The molecule has 7 heteroatoms. The van der Waals surface area contributed by atoms with Crippen molar-refractivity contribution in [1.82, 2.24) is 19.9 Å². The van der Waals surface area contributed by atoms with Crippen molar-refractivity contribution >= 4 is 23.1 Å². The molecular weight excluding hydrogens is 386 g/mol. The van der Waals surface area contributed by atoms with Crippen LogP contribution < -0.4 is 10.6 Å². The van der Waals surface area contributed by atoms with Crippen LogP contribution in [0.15, 0.2) is 61.1 Å². The van der Waals surface area contributed by atoms with Crippen molar-refractivity contribution in [2.45, 2.75) is 20.8 Å². The number of nitrogens with zero attached hydrogens (tertiary/aromatic N) is 5. The average Bonchev–Trinajstić information content (AvgIpc) is 2.77. The van der Waals surface area contributed by atoms with Crippen LogP contribution >= 0.6 is 0 Å². The molecule has 7 nitrogen and oxygen atoms in total. The second kappa shape index (κ2) is 8.59. The molecule has 0 saturated heterocycles. The zero-order valence-corrected chi connectivity index (χ0v) is 17.5. The van der Waals surface area contributed by atoms with Crippen LogP contribution in [0.25, 0.3) is 11.1 Å². The Morgan fingerprint density at radius 1 is 0.806 bits per heavy atom. The van der Waals surface area contributed by atoms with Gasteiger partial charge in [0.25, 0.3) is 0 Å². The highest BCUT2D eigenvalue weighted by molar-refractivity contribution is 5.73. The Labute approximate surface area is 180 Å². The van der Waals surface area contributed by atoms with E-state index in [1.807, 2.05) is 37.5 Å². The fraction of sp³-hybridized carbons (Fsp3) is 0.125. The fourth-order valence-electron chi connectivity index (χ4n) is 3.24. The number of nitriles is 1. The minimum atomic E-state index is 0.471. The van der Waals surface area contributed by atoms with Gasteiger partial charge in [0.2, 0.25) is 5.95 Å². The van der Waals surface area contributed by atoms with Crippen LogP contribution in [0.4, 0.5) is 23.1 Å². The zero-order valence-electron chi connectivity index (χ0n) is 17.5. The molecule has 2 aromatic heterocycles. The van der Waals surface area contributed by atoms with Crippen molar-refractivity contribution in [1.29, 1.82) is 5.26 Å². The summed E-state index contributed by atoms with van der Waals surface area (Å²) < 4.78 is 0. The first kappa shape index (κ1) is 20.0.